The van der Waals surface area contributed by atoms with Gasteiger partial charge < -0.3 is 10.6 Å². The number of anilines is 4. The molecule has 0 bridgehead atoms. The van der Waals surface area contributed by atoms with E-state index in [1.807, 2.05) is 0 Å². The van der Waals surface area contributed by atoms with Crippen LogP contribution in [0.25, 0.3) is 33.0 Å². The Morgan fingerprint density at radius 2 is 0.750 bits per heavy atom. The second-order valence-electron chi connectivity index (χ2n) is 10.6. The maximum atomic E-state index is 3.76. The molecular weight excluding hydrogens is 484 g/mol. The summed E-state index contributed by atoms with van der Waals surface area (Å²) in [4.78, 5) is 0. The van der Waals surface area contributed by atoms with Crippen molar-refractivity contribution in [1.82, 2.24) is 0 Å². The zero-order valence-corrected chi connectivity index (χ0v) is 23.5. The van der Waals surface area contributed by atoms with Crippen molar-refractivity contribution >= 4 is 33.5 Å². The smallest absolute Gasteiger partial charge is 0.0464 e. The molecule has 40 heavy (non-hydrogen) atoms. The lowest BCUT2D eigenvalue weighted by molar-refractivity contribution is 1.34. The Kier molecular flexibility index (Phi) is 6.84. The summed E-state index contributed by atoms with van der Waals surface area (Å²) >= 11 is 0. The minimum atomic E-state index is 1.08. The van der Waals surface area contributed by atoms with Crippen molar-refractivity contribution in [2.24, 2.45) is 0 Å². The van der Waals surface area contributed by atoms with Gasteiger partial charge in [-0.2, -0.15) is 0 Å². The van der Waals surface area contributed by atoms with Crippen LogP contribution in [0.3, 0.4) is 0 Å². The Balaban J connectivity index is 1.38. The third-order valence-corrected chi connectivity index (χ3v) is 7.95. The standard InChI is InChI=1S/C38H34N2/c1-25-19-21-29(23-27(25)3)31-11-5-7-15-35(31)39-37-17-9-14-34-33(37)13-10-18-38(34)40-36-16-8-6-12-32(36)30-22-20-26(2)28(4)24-30/h5-24,39-40H,1-4H3. The Morgan fingerprint density at radius 1 is 0.350 bits per heavy atom. The fraction of sp³-hybridized carbons (Fsp3) is 0.105. The first kappa shape index (κ1) is 25.5. The van der Waals surface area contributed by atoms with Crippen LogP contribution in [0.4, 0.5) is 22.7 Å². The molecule has 2 nitrogen and oxygen atoms in total. The van der Waals surface area contributed by atoms with E-state index in [0.717, 1.165) is 22.7 Å². The fourth-order valence-electron chi connectivity index (χ4n) is 5.32. The number of aryl methyl sites for hydroxylation is 4. The van der Waals surface area contributed by atoms with Crippen molar-refractivity contribution in [3.05, 3.63) is 144 Å². The quantitative estimate of drug-likeness (QED) is 0.229. The predicted octanol–water partition coefficient (Wildman–Crippen LogP) is 10.9. The third-order valence-electron chi connectivity index (χ3n) is 7.95. The van der Waals surface area contributed by atoms with E-state index in [1.165, 1.54) is 55.3 Å². The average Bonchev–Trinajstić information content (AvgIpc) is 2.97. The molecule has 6 rings (SSSR count). The first-order chi connectivity index (χ1) is 19.5. The van der Waals surface area contributed by atoms with Gasteiger partial charge in [0.05, 0.1) is 0 Å². The van der Waals surface area contributed by atoms with E-state index in [2.05, 4.69) is 160 Å². The van der Waals surface area contributed by atoms with Crippen LogP contribution in [0.2, 0.25) is 0 Å². The fourth-order valence-corrected chi connectivity index (χ4v) is 5.32. The van der Waals surface area contributed by atoms with Crippen LogP contribution in [-0.4, -0.2) is 0 Å². The first-order valence-electron chi connectivity index (χ1n) is 13.9. The van der Waals surface area contributed by atoms with Gasteiger partial charge in [0.1, 0.15) is 0 Å². The topological polar surface area (TPSA) is 24.1 Å². The van der Waals surface area contributed by atoms with Crippen LogP contribution in [0.15, 0.2) is 121 Å². The molecule has 0 amide bonds. The minimum absolute atomic E-state index is 1.08. The minimum Gasteiger partial charge on any atom is -0.355 e. The SMILES string of the molecule is Cc1ccc(-c2ccccc2Nc2cccc3c(Nc4ccccc4-c4ccc(C)c(C)c4)cccc23)cc1C. The molecule has 0 fully saturated rings. The van der Waals surface area contributed by atoms with Crippen molar-refractivity contribution < 1.29 is 0 Å². The molecule has 0 heterocycles. The van der Waals surface area contributed by atoms with E-state index < -0.39 is 0 Å². The van der Waals surface area contributed by atoms with Crippen molar-refractivity contribution in [2.45, 2.75) is 27.7 Å². The summed E-state index contributed by atoms with van der Waals surface area (Å²) in [7, 11) is 0. The molecule has 2 heteroatoms. The second-order valence-corrected chi connectivity index (χ2v) is 10.6. The molecule has 0 saturated heterocycles. The van der Waals surface area contributed by atoms with Crippen LogP contribution in [0.1, 0.15) is 22.3 Å². The van der Waals surface area contributed by atoms with Gasteiger partial charge in [0.2, 0.25) is 0 Å². The number of hydrogen-bond donors (Lipinski definition) is 2. The van der Waals surface area contributed by atoms with E-state index in [0.29, 0.717) is 0 Å². The zero-order valence-electron chi connectivity index (χ0n) is 23.5. The number of benzene rings is 6. The van der Waals surface area contributed by atoms with E-state index in [4.69, 9.17) is 0 Å². The average molecular weight is 519 g/mol. The summed E-state index contributed by atoms with van der Waals surface area (Å²) in [5, 5.41) is 9.86. The number of fused-ring (bicyclic) bond motifs is 1. The molecule has 0 aromatic heterocycles. The highest BCUT2D eigenvalue weighted by molar-refractivity contribution is 6.04. The van der Waals surface area contributed by atoms with Crippen LogP contribution >= 0.6 is 0 Å². The summed E-state index contributed by atoms with van der Waals surface area (Å²) in [5.74, 6) is 0. The van der Waals surface area contributed by atoms with E-state index >= 15 is 0 Å². The van der Waals surface area contributed by atoms with Gasteiger partial charge in [0, 0.05) is 44.6 Å². The highest BCUT2D eigenvalue weighted by Crippen LogP contribution is 2.38. The predicted molar refractivity (Wildman–Crippen MR) is 173 cm³/mol. The summed E-state index contributed by atoms with van der Waals surface area (Å²) in [6, 6.07) is 43.4. The van der Waals surface area contributed by atoms with E-state index in [9.17, 15) is 0 Å². The van der Waals surface area contributed by atoms with Gasteiger partial charge in [-0.25, -0.2) is 0 Å². The van der Waals surface area contributed by atoms with Gasteiger partial charge in [0.25, 0.3) is 0 Å². The van der Waals surface area contributed by atoms with E-state index in [-0.39, 0.29) is 0 Å². The van der Waals surface area contributed by atoms with Gasteiger partial charge in [0.15, 0.2) is 0 Å². The van der Waals surface area contributed by atoms with Crippen LogP contribution in [-0.2, 0) is 0 Å². The molecule has 6 aromatic rings. The summed E-state index contributed by atoms with van der Waals surface area (Å²) < 4.78 is 0. The van der Waals surface area contributed by atoms with Crippen molar-refractivity contribution in [1.29, 1.82) is 0 Å². The molecule has 0 radical (unpaired) electrons. The van der Waals surface area contributed by atoms with Gasteiger partial charge in [-0.3, -0.25) is 0 Å². The Bertz CT molecular complexity index is 1710. The zero-order chi connectivity index (χ0) is 27.6. The molecule has 0 saturated carbocycles. The third kappa shape index (κ3) is 4.97. The van der Waals surface area contributed by atoms with Gasteiger partial charge in [-0.05, 0) is 85.3 Å². The lowest BCUT2D eigenvalue weighted by Crippen LogP contribution is -1.97. The van der Waals surface area contributed by atoms with Crippen LogP contribution in [0.5, 0.6) is 0 Å². The lowest BCUT2D eigenvalue weighted by Gasteiger charge is -2.18. The molecule has 0 aliphatic carbocycles. The summed E-state index contributed by atoms with van der Waals surface area (Å²) in [5.41, 5.74) is 14.4. The van der Waals surface area contributed by atoms with Gasteiger partial charge in [-0.15, -0.1) is 0 Å². The highest BCUT2D eigenvalue weighted by Gasteiger charge is 2.12. The Hall–Kier alpha value is -4.82. The molecule has 6 aromatic carbocycles. The molecule has 0 aliphatic rings. The highest BCUT2D eigenvalue weighted by atomic mass is 14.9. The lowest BCUT2D eigenvalue weighted by atomic mass is 9.98. The number of hydrogen-bond acceptors (Lipinski definition) is 2. The summed E-state index contributed by atoms with van der Waals surface area (Å²) in [6.45, 7) is 8.66. The molecule has 2 N–H and O–H groups in total. The van der Waals surface area contributed by atoms with Gasteiger partial charge in [-0.1, -0.05) is 97.1 Å². The Labute approximate surface area is 237 Å². The van der Waals surface area contributed by atoms with E-state index in [1.54, 1.807) is 0 Å². The number of rotatable bonds is 6. The van der Waals surface area contributed by atoms with Crippen molar-refractivity contribution in [3.8, 4) is 22.3 Å². The molecule has 0 spiro atoms. The molecular formula is C38H34N2. The normalized spacial score (nSPS) is 11.0. The van der Waals surface area contributed by atoms with Crippen molar-refractivity contribution in [3.63, 3.8) is 0 Å². The monoisotopic (exact) mass is 518 g/mol. The number of nitrogens with one attached hydrogen (secondary N) is 2. The number of para-hydroxylation sites is 2. The maximum Gasteiger partial charge on any atom is 0.0464 e. The second kappa shape index (κ2) is 10.7. The maximum absolute atomic E-state index is 3.76. The molecule has 0 aliphatic heterocycles. The Morgan fingerprint density at radius 3 is 1.18 bits per heavy atom. The largest absolute Gasteiger partial charge is 0.355 e. The molecule has 0 unspecified atom stereocenters. The van der Waals surface area contributed by atoms with Crippen molar-refractivity contribution in [2.75, 3.05) is 10.6 Å². The molecule has 0 atom stereocenters. The first-order valence-corrected chi connectivity index (χ1v) is 13.9. The van der Waals surface area contributed by atoms with Crippen LogP contribution < -0.4 is 10.6 Å². The summed E-state index contributed by atoms with van der Waals surface area (Å²) in [6.07, 6.45) is 0. The van der Waals surface area contributed by atoms with Crippen LogP contribution in [0, 0.1) is 27.7 Å². The van der Waals surface area contributed by atoms with Gasteiger partial charge >= 0.3 is 0 Å². The molecule has 196 valence electrons.